The van der Waals surface area contributed by atoms with Crippen LogP contribution in [0.3, 0.4) is 0 Å². The van der Waals surface area contributed by atoms with Crippen LogP contribution in [0.15, 0.2) is 12.7 Å². The number of nitrogens with two attached hydrogens (primary N) is 1. The van der Waals surface area contributed by atoms with E-state index >= 15 is 0 Å². The molecule has 0 bridgehead atoms. The Kier molecular flexibility index (Phi) is 4.42. The highest BCUT2D eigenvalue weighted by molar-refractivity contribution is 5.80. The van der Waals surface area contributed by atoms with E-state index in [1.54, 1.807) is 6.92 Å². The van der Waals surface area contributed by atoms with Crippen molar-refractivity contribution in [2.75, 3.05) is 6.54 Å². The molecule has 16 heavy (non-hydrogen) atoms. The van der Waals surface area contributed by atoms with Gasteiger partial charge in [-0.1, -0.05) is 13.8 Å². The van der Waals surface area contributed by atoms with E-state index in [0.29, 0.717) is 12.5 Å². The molecular formula is C10H19N5O. The van der Waals surface area contributed by atoms with Crippen LogP contribution in [0.1, 0.15) is 26.8 Å². The maximum atomic E-state index is 11.9. The Hall–Kier alpha value is -1.43. The van der Waals surface area contributed by atoms with Crippen LogP contribution in [0.2, 0.25) is 0 Å². The summed E-state index contributed by atoms with van der Waals surface area (Å²) in [5.41, 5.74) is 5.59. The number of carbonyl (C=O) groups excluding carboxylic acids is 1. The average Bonchev–Trinajstić information content (AvgIpc) is 2.77. The minimum absolute atomic E-state index is 0.00142. The number of nitrogens with zero attached hydrogens (tertiary/aromatic N) is 3. The quantitative estimate of drug-likeness (QED) is 0.735. The Morgan fingerprint density at radius 2 is 2.19 bits per heavy atom. The first-order valence-corrected chi connectivity index (χ1v) is 5.40. The Morgan fingerprint density at radius 1 is 1.50 bits per heavy atom. The van der Waals surface area contributed by atoms with Crippen LogP contribution in [-0.4, -0.2) is 33.3 Å². The van der Waals surface area contributed by atoms with Gasteiger partial charge in [0.05, 0.1) is 0 Å². The van der Waals surface area contributed by atoms with E-state index in [0.717, 1.165) is 0 Å². The molecule has 1 amide bonds. The number of aromatic nitrogens is 3. The summed E-state index contributed by atoms with van der Waals surface area (Å²) >= 11 is 0. The van der Waals surface area contributed by atoms with Crippen molar-refractivity contribution in [3.8, 4) is 0 Å². The van der Waals surface area contributed by atoms with Crippen LogP contribution in [0.25, 0.3) is 0 Å². The first-order valence-electron chi connectivity index (χ1n) is 5.40. The molecule has 3 N–H and O–H groups in total. The largest absolute Gasteiger partial charge is 0.350 e. The van der Waals surface area contributed by atoms with E-state index in [4.69, 9.17) is 5.73 Å². The SMILES string of the molecule is CC(C)C(CN)NC(=O)C(C)n1cncn1. The van der Waals surface area contributed by atoms with Crippen LogP contribution in [0, 0.1) is 5.92 Å². The third-order valence-electron chi connectivity index (χ3n) is 2.60. The monoisotopic (exact) mass is 225 g/mol. The highest BCUT2D eigenvalue weighted by Crippen LogP contribution is 2.05. The number of amides is 1. The summed E-state index contributed by atoms with van der Waals surface area (Å²) in [6.07, 6.45) is 2.93. The molecule has 2 atom stereocenters. The number of rotatable bonds is 5. The van der Waals surface area contributed by atoms with E-state index in [-0.39, 0.29) is 18.0 Å². The topological polar surface area (TPSA) is 85.8 Å². The highest BCUT2D eigenvalue weighted by atomic mass is 16.2. The third kappa shape index (κ3) is 3.03. The predicted octanol–water partition coefficient (Wildman–Crippen LogP) is -0.0614. The average molecular weight is 225 g/mol. The van der Waals surface area contributed by atoms with Gasteiger partial charge >= 0.3 is 0 Å². The van der Waals surface area contributed by atoms with Crippen LogP contribution in [0.5, 0.6) is 0 Å². The molecule has 1 aromatic rings. The van der Waals surface area contributed by atoms with E-state index in [1.807, 2.05) is 13.8 Å². The fourth-order valence-electron chi connectivity index (χ4n) is 1.34. The molecule has 1 aromatic heterocycles. The van der Waals surface area contributed by atoms with E-state index in [1.165, 1.54) is 17.3 Å². The number of hydrogen-bond donors (Lipinski definition) is 2. The van der Waals surface area contributed by atoms with Crippen molar-refractivity contribution >= 4 is 5.91 Å². The number of nitrogens with one attached hydrogen (secondary N) is 1. The first kappa shape index (κ1) is 12.6. The summed E-state index contributed by atoms with van der Waals surface area (Å²) in [6.45, 7) is 6.27. The fourth-order valence-corrected chi connectivity index (χ4v) is 1.34. The maximum Gasteiger partial charge on any atom is 0.244 e. The minimum Gasteiger partial charge on any atom is -0.350 e. The van der Waals surface area contributed by atoms with Crippen molar-refractivity contribution in [3.05, 3.63) is 12.7 Å². The molecule has 0 saturated heterocycles. The maximum absolute atomic E-state index is 11.9. The van der Waals surface area contributed by atoms with Gasteiger partial charge in [0.25, 0.3) is 0 Å². The lowest BCUT2D eigenvalue weighted by atomic mass is 10.0. The molecule has 0 aliphatic rings. The molecule has 0 aliphatic heterocycles. The van der Waals surface area contributed by atoms with Gasteiger partial charge < -0.3 is 11.1 Å². The van der Waals surface area contributed by atoms with Gasteiger partial charge in [-0.15, -0.1) is 0 Å². The molecule has 0 aliphatic carbocycles. The van der Waals surface area contributed by atoms with Crippen LogP contribution in [0.4, 0.5) is 0 Å². The Morgan fingerprint density at radius 3 is 2.62 bits per heavy atom. The lowest BCUT2D eigenvalue weighted by Crippen LogP contribution is -2.46. The highest BCUT2D eigenvalue weighted by Gasteiger charge is 2.20. The second-order valence-electron chi connectivity index (χ2n) is 4.15. The van der Waals surface area contributed by atoms with Crippen molar-refractivity contribution in [1.82, 2.24) is 20.1 Å². The second-order valence-corrected chi connectivity index (χ2v) is 4.15. The van der Waals surface area contributed by atoms with Crippen LogP contribution in [-0.2, 0) is 4.79 Å². The molecule has 0 fully saturated rings. The molecule has 0 radical (unpaired) electrons. The molecule has 0 spiro atoms. The number of carbonyl (C=O) groups is 1. The van der Waals surface area contributed by atoms with Crippen LogP contribution < -0.4 is 11.1 Å². The van der Waals surface area contributed by atoms with Gasteiger partial charge in [0.1, 0.15) is 18.7 Å². The van der Waals surface area contributed by atoms with Crippen molar-refractivity contribution in [3.63, 3.8) is 0 Å². The number of hydrogen-bond acceptors (Lipinski definition) is 4. The van der Waals surface area contributed by atoms with Crippen molar-refractivity contribution in [2.24, 2.45) is 11.7 Å². The van der Waals surface area contributed by atoms with Crippen LogP contribution >= 0.6 is 0 Å². The summed E-state index contributed by atoms with van der Waals surface area (Å²) in [5, 5.41) is 6.83. The van der Waals surface area contributed by atoms with E-state index < -0.39 is 0 Å². The lowest BCUT2D eigenvalue weighted by molar-refractivity contribution is -0.125. The molecule has 0 saturated carbocycles. The molecule has 1 heterocycles. The second kappa shape index (κ2) is 5.60. The summed E-state index contributed by atoms with van der Waals surface area (Å²) in [4.78, 5) is 15.7. The van der Waals surface area contributed by atoms with E-state index in [9.17, 15) is 4.79 Å². The molecular weight excluding hydrogens is 206 g/mol. The summed E-state index contributed by atoms with van der Waals surface area (Å²) < 4.78 is 1.52. The normalized spacial score (nSPS) is 14.8. The Balaban J connectivity index is 2.58. The van der Waals surface area contributed by atoms with Gasteiger partial charge in [-0.25, -0.2) is 9.67 Å². The van der Waals surface area contributed by atoms with E-state index in [2.05, 4.69) is 15.4 Å². The van der Waals surface area contributed by atoms with Gasteiger partial charge in [-0.05, 0) is 12.8 Å². The zero-order valence-electron chi connectivity index (χ0n) is 9.92. The van der Waals surface area contributed by atoms with Crippen molar-refractivity contribution < 1.29 is 4.79 Å². The molecule has 6 nitrogen and oxygen atoms in total. The lowest BCUT2D eigenvalue weighted by Gasteiger charge is -2.22. The molecule has 1 rings (SSSR count). The van der Waals surface area contributed by atoms with Crippen molar-refractivity contribution in [1.29, 1.82) is 0 Å². The minimum atomic E-state index is -0.365. The van der Waals surface area contributed by atoms with Crippen molar-refractivity contribution in [2.45, 2.75) is 32.9 Å². The Labute approximate surface area is 95.2 Å². The first-order chi connectivity index (χ1) is 7.56. The molecule has 2 unspecified atom stereocenters. The Bertz CT molecular complexity index is 322. The summed E-state index contributed by atoms with van der Waals surface area (Å²) in [6, 6.07) is -0.367. The van der Waals surface area contributed by atoms with Gasteiger partial charge in [-0.2, -0.15) is 5.10 Å². The molecule has 0 aromatic carbocycles. The zero-order chi connectivity index (χ0) is 12.1. The summed E-state index contributed by atoms with van der Waals surface area (Å²) in [7, 11) is 0. The smallest absolute Gasteiger partial charge is 0.244 e. The van der Waals surface area contributed by atoms with Gasteiger partial charge in [0.2, 0.25) is 5.91 Å². The standard InChI is InChI=1S/C10H19N5O/c1-7(2)9(4-11)14-10(16)8(3)15-6-12-5-13-15/h5-9H,4,11H2,1-3H3,(H,14,16). The van der Waals surface area contributed by atoms with Gasteiger partial charge in [0.15, 0.2) is 0 Å². The fraction of sp³-hybridized carbons (Fsp3) is 0.700. The zero-order valence-corrected chi connectivity index (χ0v) is 9.92. The van der Waals surface area contributed by atoms with Gasteiger partial charge in [-0.3, -0.25) is 4.79 Å². The predicted molar refractivity (Wildman–Crippen MR) is 60.6 cm³/mol. The molecule has 90 valence electrons. The third-order valence-corrected chi connectivity index (χ3v) is 2.60. The van der Waals surface area contributed by atoms with Gasteiger partial charge in [0, 0.05) is 12.6 Å². The summed E-state index contributed by atoms with van der Waals surface area (Å²) in [5.74, 6) is 0.228. The molecule has 6 heteroatoms.